The zero-order valence-corrected chi connectivity index (χ0v) is 7.84. The predicted octanol–water partition coefficient (Wildman–Crippen LogP) is 1.31. The van der Waals surface area contributed by atoms with Gasteiger partial charge >= 0.3 is 5.97 Å². The number of rotatable bonds is 1. The average molecular weight is 182 g/mol. The second kappa shape index (κ2) is 2.82. The Kier molecular flexibility index (Phi) is 1.90. The number of fused-ring (bicyclic) bond motifs is 1. The Balaban J connectivity index is 2.21. The standard InChI is InChI=1S/C10H14O3/c1-13-9(12)10-5-2-3-8(11)7(10)4-6-10/h7H,2-6H2,1H3/t7-,10+/m1/s1. The molecule has 0 radical (unpaired) electrons. The lowest BCUT2D eigenvalue weighted by molar-refractivity contribution is -0.173. The van der Waals surface area contributed by atoms with E-state index >= 15 is 0 Å². The Bertz CT molecular complexity index is 259. The maximum atomic E-state index is 11.5. The van der Waals surface area contributed by atoms with Gasteiger partial charge in [-0.25, -0.2) is 0 Å². The highest BCUT2D eigenvalue weighted by Gasteiger charge is 2.57. The van der Waals surface area contributed by atoms with Gasteiger partial charge in [-0.05, 0) is 25.7 Å². The molecule has 0 spiro atoms. The topological polar surface area (TPSA) is 43.4 Å². The van der Waals surface area contributed by atoms with Gasteiger partial charge in [0.15, 0.2) is 0 Å². The van der Waals surface area contributed by atoms with E-state index in [9.17, 15) is 9.59 Å². The number of hydrogen-bond acceptors (Lipinski definition) is 3. The zero-order chi connectivity index (χ0) is 9.47. The Morgan fingerprint density at radius 1 is 1.54 bits per heavy atom. The molecule has 2 aliphatic rings. The molecule has 0 heterocycles. The van der Waals surface area contributed by atoms with E-state index < -0.39 is 5.41 Å². The second-order valence-electron chi connectivity index (χ2n) is 4.06. The van der Waals surface area contributed by atoms with Gasteiger partial charge in [0.05, 0.1) is 12.5 Å². The molecule has 2 fully saturated rings. The minimum Gasteiger partial charge on any atom is -0.469 e. The van der Waals surface area contributed by atoms with Gasteiger partial charge in [0, 0.05) is 12.3 Å². The Morgan fingerprint density at radius 3 is 2.85 bits per heavy atom. The fourth-order valence-electron chi connectivity index (χ4n) is 2.71. The van der Waals surface area contributed by atoms with Gasteiger partial charge < -0.3 is 4.74 Å². The monoisotopic (exact) mass is 182 g/mol. The molecule has 3 heteroatoms. The first-order chi connectivity index (χ1) is 6.20. The van der Waals surface area contributed by atoms with Crippen LogP contribution in [-0.4, -0.2) is 18.9 Å². The maximum absolute atomic E-state index is 11.5. The summed E-state index contributed by atoms with van der Waals surface area (Å²) >= 11 is 0. The minimum absolute atomic E-state index is 0.0197. The predicted molar refractivity (Wildman–Crippen MR) is 46.0 cm³/mol. The summed E-state index contributed by atoms with van der Waals surface area (Å²) < 4.78 is 4.77. The lowest BCUT2D eigenvalue weighted by Gasteiger charge is -2.48. The van der Waals surface area contributed by atoms with Crippen molar-refractivity contribution in [3.05, 3.63) is 0 Å². The van der Waals surface area contributed by atoms with Gasteiger partial charge in [-0.1, -0.05) is 0 Å². The minimum atomic E-state index is -0.413. The van der Waals surface area contributed by atoms with Gasteiger partial charge in [-0.3, -0.25) is 9.59 Å². The van der Waals surface area contributed by atoms with Crippen molar-refractivity contribution in [2.75, 3.05) is 7.11 Å². The highest BCUT2D eigenvalue weighted by molar-refractivity contribution is 5.92. The van der Waals surface area contributed by atoms with Crippen LogP contribution in [0.25, 0.3) is 0 Å². The summed E-state index contributed by atoms with van der Waals surface area (Å²) in [4.78, 5) is 23.0. The van der Waals surface area contributed by atoms with Crippen LogP contribution in [0.2, 0.25) is 0 Å². The van der Waals surface area contributed by atoms with Crippen LogP contribution in [-0.2, 0) is 14.3 Å². The molecule has 0 amide bonds. The number of ether oxygens (including phenoxy) is 1. The van der Waals surface area contributed by atoms with Crippen molar-refractivity contribution < 1.29 is 14.3 Å². The smallest absolute Gasteiger partial charge is 0.312 e. The van der Waals surface area contributed by atoms with E-state index in [0.29, 0.717) is 6.42 Å². The fraction of sp³-hybridized carbons (Fsp3) is 0.800. The Labute approximate surface area is 77.4 Å². The SMILES string of the molecule is COC(=O)[C@]12CCCC(=O)[C@H]1CC2. The third-order valence-electron chi connectivity index (χ3n) is 3.57. The summed E-state index contributed by atoms with van der Waals surface area (Å²) in [5.41, 5.74) is -0.413. The van der Waals surface area contributed by atoms with Gasteiger partial charge in [-0.2, -0.15) is 0 Å². The summed E-state index contributed by atoms with van der Waals surface area (Å²) in [7, 11) is 1.41. The van der Waals surface area contributed by atoms with Crippen LogP contribution >= 0.6 is 0 Å². The first kappa shape index (κ1) is 8.73. The van der Waals surface area contributed by atoms with Crippen LogP contribution in [0.5, 0.6) is 0 Å². The number of Topliss-reactive ketones (excluding diaryl/α,β-unsaturated/α-hetero) is 1. The molecule has 2 aliphatic carbocycles. The molecule has 2 atom stereocenters. The van der Waals surface area contributed by atoms with Crippen molar-refractivity contribution in [2.45, 2.75) is 32.1 Å². The normalized spacial score (nSPS) is 37.6. The van der Waals surface area contributed by atoms with E-state index in [1.165, 1.54) is 7.11 Å². The van der Waals surface area contributed by atoms with Crippen molar-refractivity contribution in [2.24, 2.45) is 11.3 Å². The summed E-state index contributed by atoms with van der Waals surface area (Å²) in [6.07, 6.45) is 4.08. The fourth-order valence-corrected chi connectivity index (χ4v) is 2.71. The van der Waals surface area contributed by atoms with Crippen molar-refractivity contribution in [3.8, 4) is 0 Å². The van der Waals surface area contributed by atoms with Gasteiger partial charge in [0.2, 0.25) is 0 Å². The van der Waals surface area contributed by atoms with Gasteiger partial charge in [-0.15, -0.1) is 0 Å². The highest BCUT2D eigenvalue weighted by Crippen LogP contribution is 2.54. The number of carbonyl (C=O) groups is 2. The third-order valence-corrected chi connectivity index (χ3v) is 3.57. The molecule has 0 aromatic heterocycles. The molecule has 0 aliphatic heterocycles. The lowest BCUT2D eigenvalue weighted by atomic mass is 9.53. The molecule has 13 heavy (non-hydrogen) atoms. The van der Waals surface area contributed by atoms with Crippen LogP contribution in [0.4, 0.5) is 0 Å². The van der Waals surface area contributed by atoms with Gasteiger partial charge in [0.25, 0.3) is 0 Å². The number of carbonyl (C=O) groups excluding carboxylic acids is 2. The molecule has 2 saturated carbocycles. The van der Waals surface area contributed by atoms with E-state index in [1.54, 1.807) is 0 Å². The highest BCUT2D eigenvalue weighted by atomic mass is 16.5. The van der Waals surface area contributed by atoms with Crippen LogP contribution in [0.1, 0.15) is 32.1 Å². The van der Waals surface area contributed by atoms with E-state index in [4.69, 9.17) is 4.74 Å². The Hall–Kier alpha value is -0.860. The number of hydrogen-bond donors (Lipinski definition) is 0. The molecule has 2 rings (SSSR count). The number of esters is 1. The molecule has 3 nitrogen and oxygen atoms in total. The van der Waals surface area contributed by atoms with Gasteiger partial charge in [0.1, 0.15) is 5.78 Å². The average Bonchev–Trinajstić information content (AvgIpc) is 2.07. The summed E-state index contributed by atoms with van der Waals surface area (Å²) in [5, 5.41) is 0. The van der Waals surface area contributed by atoms with Crippen LogP contribution in [0, 0.1) is 11.3 Å². The first-order valence-electron chi connectivity index (χ1n) is 4.82. The Morgan fingerprint density at radius 2 is 2.31 bits per heavy atom. The first-order valence-corrected chi connectivity index (χ1v) is 4.82. The zero-order valence-electron chi connectivity index (χ0n) is 7.84. The molecule has 0 unspecified atom stereocenters. The maximum Gasteiger partial charge on any atom is 0.312 e. The van der Waals surface area contributed by atoms with Crippen LogP contribution in [0.3, 0.4) is 0 Å². The van der Waals surface area contributed by atoms with E-state index in [1.807, 2.05) is 0 Å². The molecule has 0 saturated heterocycles. The van der Waals surface area contributed by atoms with Crippen LogP contribution in [0.15, 0.2) is 0 Å². The molecule has 0 aromatic rings. The van der Waals surface area contributed by atoms with E-state index in [0.717, 1.165) is 25.7 Å². The van der Waals surface area contributed by atoms with Crippen molar-refractivity contribution >= 4 is 11.8 Å². The third kappa shape index (κ3) is 1.02. The lowest BCUT2D eigenvalue weighted by Crippen LogP contribution is -2.53. The van der Waals surface area contributed by atoms with E-state index in [-0.39, 0.29) is 17.7 Å². The van der Waals surface area contributed by atoms with E-state index in [2.05, 4.69) is 0 Å². The summed E-state index contributed by atoms with van der Waals surface area (Å²) in [5.74, 6) is 0.0772. The molecule has 0 bridgehead atoms. The second-order valence-corrected chi connectivity index (χ2v) is 4.06. The largest absolute Gasteiger partial charge is 0.469 e. The quantitative estimate of drug-likeness (QED) is 0.574. The summed E-state index contributed by atoms with van der Waals surface area (Å²) in [6, 6.07) is 0. The molecule has 0 aromatic carbocycles. The number of methoxy groups -OCH3 is 1. The molecule has 0 N–H and O–H groups in total. The van der Waals surface area contributed by atoms with Crippen molar-refractivity contribution in [3.63, 3.8) is 0 Å². The van der Waals surface area contributed by atoms with Crippen LogP contribution < -0.4 is 0 Å². The molecular formula is C10H14O3. The van der Waals surface area contributed by atoms with Crippen molar-refractivity contribution in [1.29, 1.82) is 0 Å². The number of ketones is 1. The summed E-state index contributed by atoms with van der Waals surface area (Å²) in [6.45, 7) is 0. The molecule has 72 valence electrons. The molecular weight excluding hydrogens is 168 g/mol. The van der Waals surface area contributed by atoms with Crippen molar-refractivity contribution in [1.82, 2.24) is 0 Å².